The highest BCUT2D eigenvalue weighted by molar-refractivity contribution is 9.10. The maximum Gasteiger partial charge on any atom is 0.0810 e. The summed E-state index contributed by atoms with van der Waals surface area (Å²) in [5, 5.41) is 4.34. The third kappa shape index (κ3) is 3.12. The molecule has 0 radical (unpaired) electrons. The van der Waals surface area contributed by atoms with Crippen LogP contribution in [0.15, 0.2) is 35.2 Å². The molecule has 5 nitrogen and oxygen atoms in total. The van der Waals surface area contributed by atoms with Crippen LogP contribution in [0.2, 0.25) is 0 Å². The Hall–Kier alpha value is -1.24. The van der Waals surface area contributed by atoms with E-state index < -0.39 is 0 Å². The molecule has 0 fully saturated rings. The van der Waals surface area contributed by atoms with Gasteiger partial charge in [-0.05, 0) is 40.0 Å². The second-order valence-electron chi connectivity index (χ2n) is 3.85. The van der Waals surface area contributed by atoms with Crippen LogP contribution in [-0.2, 0) is 13.5 Å². The number of aryl methyl sites for hydroxylation is 1. The number of halogens is 1. The van der Waals surface area contributed by atoms with Crippen molar-refractivity contribution >= 4 is 15.9 Å². The lowest BCUT2D eigenvalue weighted by Gasteiger charge is -2.13. The minimum absolute atomic E-state index is 0.00713. The van der Waals surface area contributed by atoms with Crippen molar-refractivity contribution in [3.05, 3.63) is 46.5 Å². The molecule has 17 heavy (non-hydrogen) atoms. The van der Waals surface area contributed by atoms with Crippen molar-refractivity contribution < 1.29 is 0 Å². The van der Waals surface area contributed by atoms with Gasteiger partial charge in [0.2, 0.25) is 0 Å². The molecule has 0 bridgehead atoms. The Labute approximate surface area is 108 Å². The van der Waals surface area contributed by atoms with Crippen molar-refractivity contribution in [3.63, 3.8) is 0 Å². The van der Waals surface area contributed by atoms with Crippen LogP contribution in [0.5, 0.6) is 0 Å². The Morgan fingerprint density at radius 2 is 2.35 bits per heavy atom. The first kappa shape index (κ1) is 12.2. The van der Waals surface area contributed by atoms with Gasteiger partial charge in [-0.25, -0.2) is 0 Å². The van der Waals surface area contributed by atoms with Crippen LogP contribution in [0.25, 0.3) is 0 Å². The zero-order chi connectivity index (χ0) is 12.3. The minimum Gasteiger partial charge on any atom is -0.275 e. The van der Waals surface area contributed by atoms with Gasteiger partial charge in [-0.15, -0.1) is 0 Å². The van der Waals surface area contributed by atoms with Gasteiger partial charge in [0, 0.05) is 30.1 Å². The van der Waals surface area contributed by atoms with Gasteiger partial charge < -0.3 is 0 Å². The second kappa shape index (κ2) is 5.39. The topological polar surface area (TPSA) is 68.8 Å². The van der Waals surface area contributed by atoms with Gasteiger partial charge in [0.05, 0.1) is 11.7 Å². The van der Waals surface area contributed by atoms with E-state index in [0.717, 1.165) is 22.2 Å². The first-order chi connectivity index (χ1) is 8.19. The highest BCUT2D eigenvalue weighted by Crippen LogP contribution is 2.17. The van der Waals surface area contributed by atoms with Crippen molar-refractivity contribution in [1.82, 2.24) is 20.2 Å². The zero-order valence-electron chi connectivity index (χ0n) is 9.47. The summed E-state index contributed by atoms with van der Waals surface area (Å²) in [6.07, 6.45) is 6.24. The van der Waals surface area contributed by atoms with E-state index in [1.54, 1.807) is 10.9 Å². The molecule has 6 heteroatoms. The molecule has 1 atom stereocenters. The molecule has 0 aliphatic carbocycles. The van der Waals surface area contributed by atoms with Gasteiger partial charge in [-0.3, -0.25) is 20.9 Å². The van der Waals surface area contributed by atoms with Crippen LogP contribution in [0.4, 0.5) is 0 Å². The summed E-state index contributed by atoms with van der Waals surface area (Å²) in [6, 6.07) is 3.98. The summed E-state index contributed by atoms with van der Waals surface area (Å²) in [5.74, 6) is 5.57. The van der Waals surface area contributed by atoms with Gasteiger partial charge in [-0.2, -0.15) is 5.10 Å². The van der Waals surface area contributed by atoms with Crippen LogP contribution < -0.4 is 11.3 Å². The second-order valence-corrected chi connectivity index (χ2v) is 4.76. The van der Waals surface area contributed by atoms with E-state index in [9.17, 15) is 0 Å². The lowest BCUT2D eigenvalue weighted by atomic mass is 10.1. The molecule has 2 heterocycles. The van der Waals surface area contributed by atoms with Crippen LogP contribution in [0.3, 0.4) is 0 Å². The summed E-state index contributed by atoms with van der Waals surface area (Å²) in [5.41, 5.74) is 4.81. The summed E-state index contributed by atoms with van der Waals surface area (Å²) in [7, 11) is 1.89. The van der Waals surface area contributed by atoms with Crippen molar-refractivity contribution in [2.45, 2.75) is 12.5 Å². The molecular formula is C11H14BrN5. The van der Waals surface area contributed by atoms with Gasteiger partial charge in [0.25, 0.3) is 0 Å². The third-order valence-electron chi connectivity index (χ3n) is 2.49. The monoisotopic (exact) mass is 295 g/mol. The molecule has 2 rings (SSSR count). The Morgan fingerprint density at radius 1 is 1.53 bits per heavy atom. The molecule has 2 aromatic rings. The summed E-state index contributed by atoms with van der Waals surface area (Å²) >= 11 is 3.40. The first-order valence-electron chi connectivity index (χ1n) is 5.24. The van der Waals surface area contributed by atoms with Crippen LogP contribution in [0, 0.1) is 0 Å². The normalized spacial score (nSPS) is 12.6. The molecule has 0 spiro atoms. The Kier molecular flexibility index (Phi) is 3.88. The van der Waals surface area contributed by atoms with Crippen LogP contribution in [0.1, 0.15) is 17.3 Å². The molecule has 2 aromatic heterocycles. The SMILES string of the molecule is Cn1ccc(C(Cc2cncc(Br)c2)NN)n1. The highest BCUT2D eigenvalue weighted by atomic mass is 79.9. The van der Waals surface area contributed by atoms with Gasteiger partial charge >= 0.3 is 0 Å². The standard InChI is InChI=1S/C11H14BrN5/c1-17-3-2-10(16-17)11(15-13)5-8-4-9(12)7-14-6-8/h2-4,6-7,11,15H,5,13H2,1H3. The number of hydrogen-bond acceptors (Lipinski definition) is 4. The molecule has 0 saturated heterocycles. The van der Waals surface area contributed by atoms with Crippen molar-refractivity contribution in [2.75, 3.05) is 0 Å². The van der Waals surface area contributed by atoms with Crippen molar-refractivity contribution in [3.8, 4) is 0 Å². The average molecular weight is 296 g/mol. The van der Waals surface area contributed by atoms with E-state index in [4.69, 9.17) is 5.84 Å². The number of nitrogens with zero attached hydrogens (tertiary/aromatic N) is 3. The minimum atomic E-state index is -0.00713. The van der Waals surface area contributed by atoms with Gasteiger partial charge in [0.15, 0.2) is 0 Å². The molecule has 0 saturated carbocycles. The summed E-state index contributed by atoms with van der Waals surface area (Å²) in [4.78, 5) is 4.13. The smallest absolute Gasteiger partial charge is 0.0810 e. The average Bonchev–Trinajstić information content (AvgIpc) is 2.73. The van der Waals surface area contributed by atoms with Crippen LogP contribution >= 0.6 is 15.9 Å². The molecule has 3 N–H and O–H groups in total. The quantitative estimate of drug-likeness (QED) is 0.659. The fraction of sp³-hybridized carbons (Fsp3) is 0.273. The largest absolute Gasteiger partial charge is 0.275 e. The Morgan fingerprint density at radius 3 is 2.94 bits per heavy atom. The number of rotatable bonds is 4. The van der Waals surface area contributed by atoms with E-state index in [1.165, 1.54) is 0 Å². The zero-order valence-corrected chi connectivity index (χ0v) is 11.1. The number of nitrogens with one attached hydrogen (secondary N) is 1. The lowest BCUT2D eigenvalue weighted by molar-refractivity contribution is 0.528. The third-order valence-corrected chi connectivity index (χ3v) is 2.93. The van der Waals surface area contributed by atoms with E-state index in [0.29, 0.717) is 0 Å². The molecule has 0 aliphatic rings. The van der Waals surface area contributed by atoms with Crippen LogP contribution in [-0.4, -0.2) is 14.8 Å². The lowest BCUT2D eigenvalue weighted by Crippen LogP contribution is -2.30. The molecule has 0 aromatic carbocycles. The maximum atomic E-state index is 5.57. The molecule has 0 aliphatic heterocycles. The molecule has 0 amide bonds. The number of hydrazine groups is 1. The first-order valence-corrected chi connectivity index (χ1v) is 6.03. The Bertz CT molecular complexity index is 496. The number of aromatic nitrogens is 3. The highest BCUT2D eigenvalue weighted by Gasteiger charge is 2.13. The predicted molar refractivity (Wildman–Crippen MR) is 68.9 cm³/mol. The van der Waals surface area contributed by atoms with Gasteiger partial charge in [0.1, 0.15) is 0 Å². The summed E-state index contributed by atoms with van der Waals surface area (Å²) in [6.45, 7) is 0. The van der Waals surface area contributed by atoms with Crippen molar-refractivity contribution in [2.24, 2.45) is 12.9 Å². The van der Waals surface area contributed by atoms with E-state index in [2.05, 4.69) is 31.4 Å². The maximum absolute atomic E-state index is 5.57. The molecule has 90 valence electrons. The number of nitrogens with two attached hydrogens (primary N) is 1. The molecular weight excluding hydrogens is 282 g/mol. The Balaban J connectivity index is 2.15. The van der Waals surface area contributed by atoms with Gasteiger partial charge in [-0.1, -0.05) is 0 Å². The van der Waals surface area contributed by atoms with E-state index >= 15 is 0 Å². The van der Waals surface area contributed by atoms with E-state index in [-0.39, 0.29) is 6.04 Å². The predicted octanol–water partition coefficient (Wildman–Crippen LogP) is 1.32. The number of hydrogen-bond donors (Lipinski definition) is 2. The number of pyridine rings is 1. The summed E-state index contributed by atoms with van der Waals surface area (Å²) < 4.78 is 2.73. The van der Waals surface area contributed by atoms with Crippen molar-refractivity contribution in [1.29, 1.82) is 0 Å². The molecule has 1 unspecified atom stereocenters. The fourth-order valence-electron chi connectivity index (χ4n) is 1.67. The fourth-order valence-corrected chi connectivity index (χ4v) is 2.08. The van der Waals surface area contributed by atoms with E-state index in [1.807, 2.05) is 31.6 Å².